The number of ether oxygens (including phenoxy) is 1. The highest BCUT2D eigenvalue weighted by atomic mass is 32.2. The van der Waals surface area contributed by atoms with Crippen molar-refractivity contribution in [1.29, 1.82) is 0 Å². The molecule has 0 aliphatic carbocycles. The monoisotopic (exact) mass is 391 g/mol. The Labute approximate surface area is 156 Å². The Morgan fingerprint density at radius 2 is 1.81 bits per heavy atom. The van der Waals surface area contributed by atoms with Gasteiger partial charge in [-0.25, -0.2) is 17.6 Å². The first-order chi connectivity index (χ1) is 12.7. The lowest BCUT2D eigenvalue weighted by atomic mass is 10.1. The quantitative estimate of drug-likeness (QED) is 0.657. The molecule has 142 valence electrons. The van der Waals surface area contributed by atoms with Gasteiger partial charge in [0.25, 0.3) is 10.0 Å². The van der Waals surface area contributed by atoms with Gasteiger partial charge in [-0.05, 0) is 63.2 Å². The Balaban J connectivity index is 1.99. The zero-order chi connectivity index (χ0) is 19.8. The molecule has 0 aliphatic rings. The van der Waals surface area contributed by atoms with Crippen LogP contribution >= 0.6 is 0 Å². The fraction of sp³-hybridized carbons (Fsp3) is 0.211. The summed E-state index contributed by atoms with van der Waals surface area (Å²) in [6.07, 6.45) is -0.304. The van der Waals surface area contributed by atoms with Crippen molar-refractivity contribution >= 4 is 32.6 Å². The summed E-state index contributed by atoms with van der Waals surface area (Å²) >= 11 is 0. The van der Waals surface area contributed by atoms with E-state index in [0.717, 1.165) is 12.1 Å². The summed E-state index contributed by atoms with van der Waals surface area (Å²) in [5.74, 6) is -0.688. The second-order valence-corrected chi connectivity index (χ2v) is 7.94. The van der Waals surface area contributed by atoms with Crippen LogP contribution < -0.4 is 4.72 Å². The summed E-state index contributed by atoms with van der Waals surface area (Å²) in [7, 11) is -3.91. The van der Waals surface area contributed by atoms with Crippen LogP contribution in [0.5, 0.6) is 0 Å². The molecule has 0 spiro atoms. The summed E-state index contributed by atoms with van der Waals surface area (Å²) in [5, 5.41) is 0.442. The number of carbonyl (C=O) groups is 1. The molecule has 8 heteroatoms. The molecule has 0 amide bonds. The van der Waals surface area contributed by atoms with Gasteiger partial charge in [-0.2, -0.15) is 0 Å². The molecule has 0 saturated heterocycles. The molecule has 0 unspecified atom stereocenters. The molecule has 1 heterocycles. The summed E-state index contributed by atoms with van der Waals surface area (Å²) in [5.41, 5.74) is 0.931. The van der Waals surface area contributed by atoms with Gasteiger partial charge >= 0.3 is 5.97 Å². The number of anilines is 1. The van der Waals surface area contributed by atoms with Gasteiger partial charge in [-0.1, -0.05) is 0 Å². The Morgan fingerprint density at radius 3 is 2.44 bits per heavy atom. The van der Waals surface area contributed by atoms with Gasteiger partial charge in [-0.3, -0.25) is 4.72 Å². The van der Waals surface area contributed by atoms with Crippen LogP contribution in [0.3, 0.4) is 0 Å². The number of benzene rings is 2. The second-order valence-electron chi connectivity index (χ2n) is 6.26. The van der Waals surface area contributed by atoms with Gasteiger partial charge < -0.3 is 9.15 Å². The van der Waals surface area contributed by atoms with Crippen LogP contribution in [0, 0.1) is 12.7 Å². The third-order valence-electron chi connectivity index (χ3n) is 3.79. The van der Waals surface area contributed by atoms with Crippen LogP contribution in [0.15, 0.2) is 51.8 Å². The standard InChI is InChI=1S/C19H18FNO5S/c1-11(2)25-19(22)18-12(3)26-17-9-6-14(10-16(17)18)21-27(23,24)15-7-4-13(20)5-8-15/h4-11,21H,1-3H3. The Hall–Kier alpha value is -2.87. The van der Waals surface area contributed by atoms with E-state index in [1.165, 1.54) is 24.3 Å². The van der Waals surface area contributed by atoms with Gasteiger partial charge in [0.1, 0.15) is 22.7 Å². The van der Waals surface area contributed by atoms with Crippen molar-refractivity contribution in [2.24, 2.45) is 0 Å². The number of furan rings is 1. The molecule has 0 atom stereocenters. The van der Waals surface area contributed by atoms with E-state index in [2.05, 4.69) is 4.72 Å². The molecule has 3 rings (SSSR count). The first-order valence-electron chi connectivity index (χ1n) is 8.20. The average Bonchev–Trinajstić information content (AvgIpc) is 2.89. The number of sulfonamides is 1. The van der Waals surface area contributed by atoms with E-state index in [-0.39, 0.29) is 22.3 Å². The van der Waals surface area contributed by atoms with Crippen molar-refractivity contribution in [3.63, 3.8) is 0 Å². The van der Waals surface area contributed by atoms with Crippen LogP contribution in [0.1, 0.15) is 30.0 Å². The minimum Gasteiger partial charge on any atom is -0.460 e. The highest BCUT2D eigenvalue weighted by Gasteiger charge is 2.22. The lowest BCUT2D eigenvalue weighted by Crippen LogP contribution is -2.13. The molecule has 27 heavy (non-hydrogen) atoms. The van der Waals surface area contributed by atoms with Gasteiger partial charge in [0.05, 0.1) is 11.0 Å². The number of halogens is 1. The second kappa shape index (κ2) is 7.03. The SMILES string of the molecule is Cc1oc2ccc(NS(=O)(=O)c3ccc(F)cc3)cc2c1C(=O)OC(C)C. The Morgan fingerprint density at radius 1 is 1.15 bits per heavy atom. The molecular weight excluding hydrogens is 373 g/mol. The molecule has 2 aromatic carbocycles. The summed E-state index contributed by atoms with van der Waals surface area (Å²) in [6, 6.07) is 9.06. The number of carbonyl (C=O) groups excluding carboxylic acids is 1. The fourth-order valence-corrected chi connectivity index (χ4v) is 3.69. The zero-order valence-corrected chi connectivity index (χ0v) is 15.8. The van der Waals surface area contributed by atoms with Crippen LogP contribution in [-0.4, -0.2) is 20.5 Å². The van der Waals surface area contributed by atoms with E-state index in [9.17, 15) is 17.6 Å². The van der Waals surface area contributed by atoms with E-state index >= 15 is 0 Å². The maximum absolute atomic E-state index is 13.0. The number of rotatable bonds is 5. The molecule has 6 nitrogen and oxygen atoms in total. The third kappa shape index (κ3) is 3.95. The molecule has 0 saturated carbocycles. The molecule has 0 fully saturated rings. The van der Waals surface area contributed by atoms with E-state index in [1.54, 1.807) is 26.8 Å². The highest BCUT2D eigenvalue weighted by Crippen LogP contribution is 2.30. The largest absolute Gasteiger partial charge is 0.460 e. The van der Waals surface area contributed by atoms with Crippen molar-refractivity contribution in [3.8, 4) is 0 Å². The molecule has 1 aromatic heterocycles. The lowest BCUT2D eigenvalue weighted by Gasteiger charge is -2.09. The zero-order valence-electron chi connectivity index (χ0n) is 14.9. The van der Waals surface area contributed by atoms with Gasteiger partial charge in [0.15, 0.2) is 0 Å². The number of hydrogen-bond donors (Lipinski definition) is 1. The predicted molar refractivity (Wildman–Crippen MR) is 98.7 cm³/mol. The van der Waals surface area contributed by atoms with Crippen molar-refractivity contribution in [2.45, 2.75) is 31.8 Å². The number of esters is 1. The normalized spacial score (nSPS) is 11.7. The van der Waals surface area contributed by atoms with E-state index < -0.39 is 21.8 Å². The van der Waals surface area contributed by atoms with Crippen LogP contribution in [-0.2, 0) is 14.8 Å². The highest BCUT2D eigenvalue weighted by molar-refractivity contribution is 7.92. The minimum absolute atomic E-state index is 0.0770. The van der Waals surface area contributed by atoms with Crippen LogP contribution in [0.25, 0.3) is 11.0 Å². The Bertz CT molecular complexity index is 1100. The molecule has 1 N–H and O–H groups in total. The van der Waals surface area contributed by atoms with Crippen LogP contribution in [0.2, 0.25) is 0 Å². The maximum atomic E-state index is 13.0. The molecular formula is C19H18FNO5S. The van der Waals surface area contributed by atoms with Gasteiger partial charge in [0, 0.05) is 11.1 Å². The Kier molecular flexibility index (Phi) is 4.93. The fourth-order valence-electron chi connectivity index (χ4n) is 2.64. The predicted octanol–water partition coefficient (Wildman–Crippen LogP) is 4.25. The van der Waals surface area contributed by atoms with Crippen LogP contribution in [0.4, 0.5) is 10.1 Å². The molecule has 3 aromatic rings. The topological polar surface area (TPSA) is 85.6 Å². The molecule has 0 bridgehead atoms. The number of aryl methyl sites for hydroxylation is 1. The van der Waals surface area contributed by atoms with E-state index in [4.69, 9.17) is 9.15 Å². The number of fused-ring (bicyclic) bond motifs is 1. The van der Waals surface area contributed by atoms with Crippen molar-refractivity contribution in [1.82, 2.24) is 0 Å². The van der Waals surface area contributed by atoms with E-state index in [0.29, 0.717) is 16.7 Å². The summed E-state index contributed by atoms with van der Waals surface area (Å²) in [4.78, 5) is 12.3. The number of nitrogens with one attached hydrogen (secondary N) is 1. The summed E-state index contributed by atoms with van der Waals surface area (Å²) < 4.78 is 51.2. The van der Waals surface area contributed by atoms with E-state index in [1.807, 2.05) is 0 Å². The maximum Gasteiger partial charge on any atom is 0.342 e. The molecule has 0 radical (unpaired) electrons. The first kappa shape index (κ1) is 18.9. The average molecular weight is 391 g/mol. The smallest absolute Gasteiger partial charge is 0.342 e. The minimum atomic E-state index is -3.91. The number of hydrogen-bond acceptors (Lipinski definition) is 5. The van der Waals surface area contributed by atoms with Gasteiger partial charge in [0.2, 0.25) is 0 Å². The van der Waals surface area contributed by atoms with Crippen molar-refractivity contribution in [2.75, 3.05) is 4.72 Å². The molecule has 0 aliphatic heterocycles. The van der Waals surface area contributed by atoms with Gasteiger partial charge in [-0.15, -0.1) is 0 Å². The van der Waals surface area contributed by atoms with Crippen molar-refractivity contribution < 1.29 is 26.8 Å². The first-order valence-corrected chi connectivity index (χ1v) is 9.68. The third-order valence-corrected chi connectivity index (χ3v) is 5.18. The summed E-state index contributed by atoms with van der Waals surface area (Å²) in [6.45, 7) is 5.11. The van der Waals surface area contributed by atoms with Crippen molar-refractivity contribution in [3.05, 3.63) is 59.6 Å². The lowest BCUT2D eigenvalue weighted by molar-refractivity contribution is 0.0378.